The molecule has 136 valence electrons. The van der Waals surface area contributed by atoms with E-state index in [1.165, 1.54) is 25.7 Å². The van der Waals surface area contributed by atoms with Crippen molar-refractivity contribution in [1.29, 1.82) is 0 Å². The molecule has 2 aliphatic carbocycles. The highest BCUT2D eigenvalue weighted by Crippen LogP contribution is 2.40. The Morgan fingerprint density at radius 1 is 1.00 bits per heavy atom. The lowest BCUT2D eigenvalue weighted by molar-refractivity contribution is -0.132. The van der Waals surface area contributed by atoms with E-state index in [0.717, 1.165) is 31.6 Å². The van der Waals surface area contributed by atoms with Gasteiger partial charge in [-0.05, 0) is 38.0 Å². The zero-order valence-corrected chi connectivity index (χ0v) is 14.8. The van der Waals surface area contributed by atoms with Crippen LogP contribution in [0.15, 0.2) is 10.6 Å². The largest absolute Gasteiger partial charge is 0.360 e. The second-order valence-electron chi connectivity index (χ2n) is 7.77. The van der Waals surface area contributed by atoms with Crippen LogP contribution in [0.4, 0.5) is 0 Å². The van der Waals surface area contributed by atoms with Crippen molar-refractivity contribution in [2.24, 2.45) is 5.92 Å². The number of hydrogen-bond acceptors (Lipinski definition) is 4. The lowest BCUT2D eigenvalue weighted by atomic mass is 10.0. The summed E-state index contributed by atoms with van der Waals surface area (Å²) >= 11 is 0. The van der Waals surface area contributed by atoms with E-state index >= 15 is 0 Å². The third-order valence-corrected chi connectivity index (χ3v) is 5.80. The van der Waals surface area contributed by atoms with Crippen molar-refractivity contribution in [3.05, 3.63) is 17.5 Å². The first-order valence-corrected chi connectivity index (χ1v) is 9.74. The van der Waals surface area contributed by atoms with Crippen LogP contribution in [0.5, 0.6) is 0 Å². The van der Waals surface area contributed by atoms with E-state index in [2.05, 4.69) is 5.16 Å². The predicted molar refractivity (Wildman–Crippen MR) is 92.2 cm³/mol. The highest BCUT2D eigenvalue weighted by molar-refractivity contribution is 5.92. The number of amides is 2. The van der Waals surface area contributed by atoms with Crippen LogP contribution in [0.25, 0.3) is 0 Å². The Bertz CT molecular complexity index is 632. The molecule has 0 atom stereocenters. The van der Waals surface area contributed by atoms with Gasteiger partial charge in [0.05, 0.1) is 0 Å². The van der Waals surface area contributed by atoms with Gasteiger partial charge in [0.15, 0.2) is 5.69 Å². The molecule has 6 heteroatoms. The standard InChI is InChI=1S/C19H27N3O3/c23-18(12-14-4-1-2-5-14)21-8-3-9-22(11-10-21)19(24)16-13-17(25-20-16)15-6-7-15/h13-15H,1-12H2. The molecule has 3 fully saturated rings. The summed E-state index contributed by atoms with van der Waals surface area (Å²) in [6, 6.07) is 1.80. The van der Waals surface area contributed by atoms with E-state index in [-0.39, 0.29) is 11.8 Å². The van der Waals surface area contributed by atoms with E-state index in [1.807, 2.05) is 9.80 Å². The van der Waals surface area contributed by atoms with Crippen LogP contribution < -0.4 is 0 Å². The normalized spacial score (nSPS) is 22.2. The maximum atomic E-state index is 12.7. The molecule has 1 aromatic rings. The Morgan fingerprint density at radius 3 is 2.48 bits per heavy atom. The van der Waals surface area contributed by atoms with Crippen LogP contribution in [-0.2, 0) is 4.79 Å². The molecule has 4 rings (SSSR count). The number of hydrogen-bond donors (Lipinski definition) is 0. The summed E-state index contributed by atoms with van der Waals surface area (Å²) in [6.07, 6.45) is 8.69. The minimum absolute atomic E-state index is 0.0688. The zero-order chi connectivity index (χ0) is 17.2. The van der Waals surface area contributed by atoms with Crippen molar-refractivity contribution in [1.82, 2.24) is 15.0 Å². The van der Waals surface area contributed by atoms with Gasteiger partial charge in [-0.15, -0.1) is 0 Å². The summed E-state index contributed by atoms with van der Waals surface area (Å²) in [6.45, 7) is 2.64. The fourth-order valence-electron chi connectivity index (χ4n) is 4.07. The topological polar surface area (TPSA) is 66.7 Å². The Morgan fingerprint density at radius 2 is 1.72 bits per heavy atom. The van der Waals surface area contributed by atoms with Gasteiger partial charge in [-0.1, -0.05) is 18.0 Å². The van der Waals surface area contributed by atoms with E-state index in [4.69, 9.17) is 4.52 Å². The SMILES string of the molecule is O=C(CC1CCCC1)N1CCCN(C(=O)c2cc(C3CC3)on2)CC1. The fraction of sp³-hybridized carbons (Fsp3) is 0.737. The van der Waals surface area contributed by atoms with Crippen molar-refractivity contribution in [2.45, 2.75) is 57.3 Å². The van der Waals surface area contributed by atoms with Crippen molar-refractivity contribution < 1.29 is 14.1 Å². The van der Waals surface area contributed by atoms with Crippen LogP contribution in [0.1, 0.15) is 73.5 Å². The van der Waals surface area contributed by atoms with Gasteiger partial charge in [-0.3, -0.25) is 9.59 Å². The molecule has 1 aromatic heterocycles. The average Bonchev–Trinajstić information content (AvgIpc) is 3.22. The molecule has 6 nitrogen and oxygen atoms in total. The minimum atomic E-state index is -0.0688. The summed E-state index contributed by atoms with van der Waals surface area (Å²) in [5.41, 5.74) is 0.410. The molecule has 1 aliphatic heterocycles. The Hall–Kier alpha value is -1.85. The number of carbonyl (C=O) groups is 2. The number of carbonyl (C=O) groups excluding carboxylic acids is 2. The molecule has 1 saturated heterocycles. The number of aromatic nitrogens is 1. The second kappa shape index (κ2) is 7.18. The van der Waals surface area contributed by atoms with Gasteiger partial charge in [0.1, 0.15) is 5.76 Å². The Labute approximate surface area is 148 Å². The van der Waals surface area contributed by atoms with Crippen molar-refractivity contribution in [3.63, 3.8) is 0 Å². The summed E-state index contributed by atoms with van der Waals surface area (Å²) in [4.78, 5) is 29.0. The monoisotopic (exact) mass is 345 g/mol. The van der Waals surface area contributed by atoms with Crippen molar-refractivity contribution in [2.75, 3.05) is 26.2 Å². The molecular weight excluding hydrogens is 318 g/mol. The summed E-state index contributed by atoms with van der Waals surface area (Å²) in [5.74, 6) is 2.07. The maximum Gasteiger partial charge on any atom is 0.276 e. The van der Waals surface area contributed by atoms with Crippen LogP contribution in [0, 0.1) is 5.92 Å². The van der Waals surface area contributed by atoms with Crippen molar-refractivity contribution in [3.8, 4) is 0 Å². The van der Waals surface area contributed by atoms with Crippen LogP contribution in [-0.4, -0.2) is 52.9 Å². The third-order valence-electron chi connectivity index (χ3n) is 5.80. The average molecular weight is 345 g/mol. The predicted octanol–water partition coefficient (Wildman–Crippen LogP) is 2.81. The first-order valence-electron chi connectivity index (χ1n) is 9.74. The Kier molecular flexibility index (Phi) is 4.77. The molecule has 0 spiro atoms. The van der Waals surface area contributed by atoms with Crippen LogP contribution in [0.2, 0.25) is 0 Å². The van der Waals surface area contributed by atoms with Crippen LogP contribution >= 0.6 is 0 Å². The quantitative estimate of drug-likeness (QED) is 0.841. The molecule has 2 heterocycles. The first-order chi connectivity index (χ1) is 12.2. The van der Waals surface area contributed by atoms with E-state index in [9.17, 15) is 9.59 Å². The number of rotatable bonds is 4. The lowest BCUT2D eigenvalue weighted by Crippen LogP contribution is -2.37. The van der Waals surface area contributed by atoms with Gasteiger partial charge in [0.25, 0.3) is 5.91 Å². The van der Waals surface area contributed by atoms with Gasteiger partial charge >= 0.3 is 0 Å². The third kappa shape index (κ3) is 3.88. The van der Waals surface area contributed by atoms with E-state index in [0.29, 0.717) is 43.6 Å². The second-order valence-corrected chi connectivity index (χ2v) is 7.77. The highest BCUT2D eigenvalue weighted by atomic mass is 16.5. The molecule has 0 bridgehead atoms. The molecular formula is C19H27N3O3. The number of nitrogens with zero attached hydrogens (tertiary/aromatic N) is 3. The molecule has 2 saturated carbocycles. The van der Waals surface area contributed by atoms with Crippen LogP contribution in [0.3, 0.4) is 0 Å². The summed E-state index contributed by atoms with van der Waals surface area (Å²) in [7, 11) is 0. The van der Waals surface area contributed by atoms with E-state index in [1.54, 1.807) is 6.07 Å². The molecule has 0 N–H and O–H groups in total. The minimum Gasteiger partial charge on any atom is -0.360 e. The fourth-order valence-corrected chi connectivity index (χ4v) is 4.07. The molecule has 0 aromatic carbocycles. The molecule has 25 heavy (non-hydrogen) atoms. The smallest absolute Gasteiger partial charge is 0.276 e. The van der Waals surface area contributed by atoms with Gasteiger partial charge in [-0.25, -0.2) is 0 Å². The van der Waals surface area contributed by atoms with Gasteiger partial charge in [-0.2, -0.15) is 0 Å². The maximum absolute atomic E-state index is 12.7. The Balaban J connectivity index is 1.32. The molecule has 0 unspecified atom stereocenters. The summed E-state index contributed by atoms with van der Waals surface area (Å²) < 4.78 is 5.30. The molecule has 0 radical (unpaired) electrons. The zero-order valence-electron chi connectivity index (χ0n) is 14.8. The first kappa shape index (κ1) is 16.6. The lowest BCUT2D eigenvalue weighted by Gasteiger charge is -2.23. The van der Waals surface area contributed by atoms with E-state index < -0.39 is 0 Å². The van der Waals surface area contributed by atoms with Gasteiger partial charge in [0, 0.05) is 44.6 Å². The summed E-state index contributed by atoms with van der Waals surface area (Å²) in [5, 5.41) is 3.96. The molecule has 2 amide bonds. The van der Waals surface area contributed by atoms with Gasteiger partial charge < -0.3 is 14.3 Å². The highest BCUT2D eigenvalue weighted by Gasteiger charge is 2.31. The van der Waals surface area contributed by atoms with Gasteiger partial charge in [0.2, 0.25) is 5.91 Å². The van der Waals surface area contributed by atoms with Crippen molar-refractivity contribution >= 4 is 11.8 Å². The molecule has 3 aliphatic rings.